The van der Waals surface area contributed by atoms with Crippen LogP contribution in [0.15, 0.2) is 60.7 Å². The fourth-order valence-corrected chi connectivity index (χ4v) is 3.76. The summed E-state index contributed by atoms with van der Waals surface area (Å²) >= 11 is 0. The predicted molar refractivity (Wildman–Crippen MR) is 120 cm³/mol. The van der Waals surface area contributed by atoms with Gasteiger partial charge in [-0.2, -0.15) is 0 Å². The van der Waals surface area contributed by atoms with Gasteiger partial charge in [-0.25, -0.2) is 0 Å². The highest BCUT2D eigenvalue weighted by Gasteiger charge is 2.28. The van der Waals surface area contributed by atoms with Crippen LogP contribution in [0.2, 0.25) is 0 Å². The summed E-state index contributed by atoms with van der Waals surface area (Å²) in [5, 5.41) is 25.2. The first-order valence-corrected chi connectivity index (χ1v) is 10.1. The number of hydrogen-bond donors (Lipinski definition) is 4. The van der Waals surface area contributed by atoms with Crippen molar-refractivity contribution in [1.29, 1.82) is 0 Å². The second-order valence-corrected chi connectivity index (χ2v) is 7.64. The van der Waals surface area contributed by atoms with Crippen LogP contribution in [0, 0.1) is 0 Å². The van der Waals surface area contributed by atoms with Crippen LogP contribution in [0.25, 0.3) is 0 Å². The summed E-state index contributed by atoms with van der Waals surface area (Å²) in [7, 11) is -1.97. The largest absolute Gasteiger partial charge is 0.491 e. The monoisotopic (exact) mass is 428 g/mol. The van der Waals surface area contributed by atoms with Crippen LogP contribution in [0.4, 0.5) is 11.4 Å². The smallest absolute Gasteiger partial charge is 0.423 e. The third kappa shape index (κ3) is 3.92. The number of anilines is 2. The van der Waals surface area contributed by atoms with E-state index >= 15 is 0 Å². The molecule has 2 aliphatic heterocycles. The van der Waals surface area contributed by atoms with Gasteiger partial charge in [-0.15, -0.1) is 0 Å². The van der Waals surface area contributed by atoms with Crippen molar-refractivity contribution in [1.82, 2.24) is 0 Å². The molecule has 0 aliphatic carbocycles. The topological polar surface area (TPSA) is 117 Å². The Balaban J connectivity index is 1.25. The zero-order valence-electron chi connectivity index (χ0n) is 16.9. The van der Waals surface area contributed by atoms with Gasteiger partial charge in [-0.1, -0.05) is 12.1 Å². The van der Waals surface area contributed by atoms with Crippen LogP contribution >= 0.6 is 0 Å². The molecule has 32 heavy (non-hydrogen) atoms. The number of nitrogens with one attached hydrogen (secondary N) is 2. The van der Waals surface area contributed by atoms with Crippen LogP contribution in [0.1, 0.15) is 31.8 Å². The molecule has 0 atom stereocenters. The minimum atomic E-state index is -0.985. The molecule has 10 heteroatoms. The van der Waals surface area contributed by atoms with E-state index in [4.69, 9.17) is 9.31 Å². The summed E-state index contributed by atoms with van der Waals surface area (Å²) in [5.74, 6) is -0.671. The molecule has 2 amide bonds. The zero-order chi connectivity index (χ0) is 22.2. The van der Waals surface area contributed by atoms with E-state index in [0.717, 1.165) is 11.1 Å². The number of rotatable bonds is 4. The summed E-state index contributed by atoms with van der Waals surface area (Å²) in [4.78, 5) is 25.1. The summed E-state index contributed by atoms with van der Waals surface area (Å²) < 4.78 is 10.3. The summed E-state index contributed by atoms with van der Waals surface area (Å²) in [5.41, 5.74) is 4.91. The molecule has 4 N–H and O–H groups in total. The Labute approximate surface area is 184 Å². The van der Waals surface area contributed by atoms with Crippen LogP contribution in [0.5, 0.6) is 0 Å². The van der Waals surface area contributed by atoms with Crippen LogP contribution in [-0.2, 0) is 22.5 Å². The van der Waals surface area contributed by atoms with Crippen molar-refractivity contribution in [3.05, 3.63) is 82.9 Å². The molecule has 0 fully saturated rings. The van der Waals surface area contributed by atoms with E-state index in [1.165, 1.54) is 0 Å². The quantitative estimate of drug-likeness (QED) is 0.453. The summed E-state index contributed by atoms with van der Waals surface area (Å²) in [6.07, 6.45) is 0. The van der Waals surface area contributed by atoms with Gasteiger partial charge in [0, 0.05) is 22.5 Å². The van der Waals surface area contributed by atoms with Crippen molar-refractivity contribution in [2.45, 2.75) is 13.2 Å². The second kappa shape index (κ2) is 8.25. The summed E-state index contributed by atoms with van der Waals surface area (Å²) in [6, 6.07) is 16.7. The minimum Gasteiger partial charge on any atom is -0.423 e. The zero-order valence-corrected chi connectivity index (χ0v) is 16.9. The van der Waals surface area contributed by atoms with Gasteiger partial charge in [0.25, 0.3) is 11.8 Å². The maximum atomic E-state index is 12.6. The van der Waals surface area contributed by atoms with Gasteiger partial charge in [0.1, 0.15) is 0 Å². The van der Waals surface area contributed by atoms with Crippen LogP contribution in [0.3, 0.4) is 0 Å². The lowest BCUT2D eigenvalue weighted by molar-refractivity contribution is 0.101. The van der Waals surface area contributed by atoms with E-state index < -0.39 is 14.2 Å². The van der Waals surface area contributed by atoms with Gasteiger partial charge in [-0.3, -0.25) is 9.59 Å². The van der Waals surface area contributed by atoms with Crippen molar-refractivity contribution in [3.8, 4) is 0 Å². The number of hydrogen-bond acceptors (Lipinski definition) is 6. The normalized spacial score (nSPS) is 14.2. The Morgan fingerprint density at radius 3 is 1.50 bits per heavy atom. The molecule has 0 aromatic heterocycles. The third-order valence-electron chi connectivity index (χ3n) is 5.54. The fraction of sp³-hybridized carbons (Fsp3) is 0.0909. The van der Waals surface area contributed by atoms with Gasteiger partial charge < -0.3 is 30.0 Å². The molecular formula is C22H18B2N2O6. The van der Waals surface area contributed by atoms with Gasteiger partial charge in [0.05, 0.1) is 13.2 Å². The molecule has 0 radical (unpaired) electrons. The molecule has 5 rings (SSSR count). The number of fused-ring (bicyclic) bond motifs is 2. The predicted octanol–water partition coefficient (Wildman–Crippen LogP) is 0.627. The highest BCUT2D eigenvalue weighted by molar-refractivity contribution is 6.62. The Morgan fingerprint density at radius 2 is 1.09 bits per heavy atom. The van der Waals surface area contributed by atoms with E-state index in [9.17, 15) is 19.6 Å². The Kier molecular flexibility index (Phi) is 5.28. The summed E-state index contributed by atoms with van der Waals surface area (Å²) in [6.45, 7) is 0.683. The van der Waals surface area contributed by atoms with Crippen LogP contribution < -0.4 is 21.6 Å². The fourth-order valence-electron chi connectivity index (χ4n) is 3.76. The Morgan fingerprint density at radius 1 is 0.688 bits per heavy atom. The molecule has 158 valence electrons. The molecule has 0 spiro atoms. The molecule has 0 unspecified atom stereocenters. The van der Waals surface area contributed by atoms with Crippen molar-refractivity contribution in [3.63, 3.8) is 0 Å². The molecule has 3 aromatic rings. The van der Waals surface area contributed by atoms with Gasteiger partial charge in [0.2, 0.25) is 0 Å². The van der Waals surface area contributed by atoms with Crippen molar-refractivity contribution in [2.75, 3.05) is 10.6 Å². The molecule has 2 heterocycles. The van der Waals surface area contributed by atoms with E-state index in [0.29, 0.717) is 46.6 Å². The second-order valence-electron chi connectivity index (χ2n) is 7.64. The first-order valence-electron chi connectivity index (χ1n) is 10.1. The van der Waals surface area contributed by atoms with E-state index in [2.05, 4.69) is 10.6 Å². The maximum absolute atomic E-state index is 12.6. The van der Waals surface area contributed by atoms with Crippen LogP contribution in [-0.4, -0.2) is 36.1 Å². The lowest BCUT2D eigenvalue weighted by Crippen LogP contribution is -2.28. The molecule has 2 aliphatic rings. The average molecular weight is 428 g/mol. The van der Waals surface area contributed by atoms with Crippen molar-refractivity contribution < 1.29 is 28.9 Å². The van der Waals surface area contributed by atoms with E-state index in [-0.39, 0.29) is 11.8 Å². The maximum Gasteiger partial charge on any atom is 0.491 e. The minimum absolute atomic E-state index is 0.335. The SMILES string of the molecule is O=C(Nc1ccc2c(c1)B(O)OC2)c1ccc(C(=O)Nc2ccc3c(c2)B(O)OC3)cc1. The van der Waals surface area contributed by atoms with Gasteiger partial charge >= 0.3 is 14.2 Å². The number of benzene rings is 3. The lowest BCUT2D eigenvalue weighted by Gasteiger charge is -2.09. The molecular weight excluding hydrogens is 410 g/mol. The number of carbonyl (C=O) groups is 2. The van der Waals surface area contributed by atoms with E-state index in [1.807, 2.05) is 0 Å². The first kappa shape index (κ1) is 20.5. The third-order valence-corrected chi connectivity index (χ3v) is 5.54. The van der Waals surface area contributed by atoms with Gasteiger partial charge in [0.15, 0.2) is 0 Å². The Hall–Kier alpha value is -3.43. The number of amides is 2. The van der Waals surface area contributed by atoms with Crippen molar-refractivity contribution in [2.24, 2.45) is 0 Å². The standard InChI is InChI=1S/C22H18B2N2O6/c27-21(25-17-7-5-15-11-31-23(29)19(15)9-17)13-1-2-14(4-3-13)22(28)26-18-8-6-16-12-32-24(30)20(16)10-18/h1-10,29-30H,11-12H2,(H,25,27)(H,26,28). The molecule has 0 bridgehead atoms. The molecule has 0 saturated heterocycles. The highest BCUT2D eigenvalue weighted by Crippen LogP contribution is 2.17. The molecule has 8 nitrogen and oxygen atoms in total. The average Bonchev–Trinajstić information content (AvgIpc) is 3.36. The van der Waals surface area contributed by atoms with E-state index in [1.54, 1.807) is 60.7 Å². The lowest BCUT2D eigenvalue weighted by atomic mass is 9.79. The highest BCUT2D eigenvalue weighted by atomic mass is 16.5. The van der Waals surface area contributed by atoms with Crippen molar-refractivity contribution >= 4 is 48.4 Å². The van der Waals surface area contributed by atoms with Gasteiger partial charge in [-0.05, 0) is 70.6 Å². The number of carbonyl (C=O) groups excluding carboxylic acids is 2. The Bertz CT molecular complexity index is 1120. The molecule has 3 aromatic carbocycles. The first-order chi connectivity index (χ1) is 15.5. The molecule has 0 saturated carbocycles.